The number of thiazole rings is 1. The number of carbonyl (C=O) groups is 1. The van der Waals surface area contributed by atoms with Crippen molar-refractivity contribution in [2.24, 2.45) is 0 Å². The molecule has 2 aromatic heterocycles. The Balaban J connectivity index is 1.71. The number of nitrogens with zero attached hydrogens (tertiary/aromatic N) is 5. The molecule has 0 N–H and O–H groups in total. The second kappa shape index (κ2) is 7.80. The number of anilines is 2. The smallest absolute Gasteiger partial charge is 0.358 e. The fourth-order valence-corrected chi connectivity index (χ4v) is 3.95. The van der Waals surface area contributed by atoms with Crippen LogP contribution in [-0.2, 0) is 17.8 Å². The SMILES string of the molecule is CCc1ccc(N(C(=O)Cn2ccc([N+](=O)[O-])n2)c2nc3ccccc3s2)cc1. The van der Waals surface area contributed by atoms with Gasteiger partial charge in [0.05, 0.1) is 33.3 Å². The average molecular weight is 407 g/mol. The summed E-state index contributed by atoms with van der Waals surface area (Å²) in [5.74, 6) is -0.581. The van der Waals surface area contributed by atoms with Gasteiger partial charge in [0.25, 0.3) is 5.91 Å². The second-order valence-electron chi connectivity index (χ2n) is 6.34. The summed E-state index contributed by atoms with van der Waals surface area (Å²) >= 11 is 1.42. The Labute approximate surface area is 170 Å². The maximum Gasteiger partial charge on any atom is 0.389 e. The van der Waals surface area contributed by atoms with Gasteiger partial charge in [-0.3, -0.25) is 9.69 Å². The van der Waals surface area contributed by atoms with E-state index in [0.717, 1.165) is 22.2 Å². The van der Waals surface area contributed by atoms with Gasteiger partial charge < -0.3 is 10.1 Å². The predicted octanol–water partition coefficient (Wildman–Crippen LogP) is 4.33. The van der Waals surface area contributed by atoms with E-state index < -0.39 is 4.92 Å². The van der Waals surface area contributed by atoms with Crippen LogP contribution >= 0.6 is 11.3 Å². The van der Waals surface area contributed by atoms with E-state index in [-0.39, 0.29) is 18.3 Å². The van der Waals surface area contributed by atoms with Crippen LogP contribution in [0.1, 0.15) is 12.5 Å². The number of para-hydroxylation sites is 1. The first-order valence-electron chi connectivity index (χ1n) is 9.00. The van der Waals surface area contributed by atoms with Crippen molar-refractivity contribution in [1.82, 2.24) is 14.8 Å². The molecule has 0 saturated heterocycles. The average Bonchev–Trinajstić information content (AvgIpc) is 3.35. The van der Waals surface area contributed by atoms with E-state index >= 15 is 0 Å². The topological polar surface area (TPSA) is 94.2 Å². The molecule has 146 valence electrons. The molecule has 0 fully saturated rings. The van der Waals surface area contributed by atoms with Crippen LogP contribution in [0, 0.1) is 10.1 Å². The van der Waals surface area contributed by atoms with Crippen LogP contribution in [0.3, 0.4) is 0 Å². The van der Waals surface area contributed by atoms with Crippen LogP contribution in [0.25, 0.3) is 10.2 Å². The molecule has 2 aromatic carbocycles. The first-order chi connectivity index (χ1) is 14.0. The maximum atomic E-state index is 13.2. The summed E-state index contributed by atoms with van der Waals surface area (Å²) in [7, 11) is 0. The number of hydrogen-bond donors (Lipinski definition) is 0. The zero-order valence-corrected chi connectivity index (χ0v) is 16.4. The first-order valence-corrected chi connectivity index (χ1v) is 9.82. The number of hydrogen-bond acceptors (Lipinski definition) is 6. The van der Waals surface area contributed by atoms with Crippen LogP contribution in [0.4, 0.5) is 16.6 Å². The fourth-order valence-electron chi connectivity index (χ4n) is 2.94. The molecule has 2 heterocycles. The third-order valence-corrected chi connectivity index (χ3v) is 5.46. The Hall–Kier alpha value is -3.59. The highest BCUT2D eigenvalue weighted by molar-refractivity contribution is 7.22. The molecule has 0 aliphatic rings. The Bertz CT molecular complexity index is 1150. The first kappa shape index (κ1) is 18.8. The molecule has 0 aliphatic carbocycles. The molecular formula is C20H17N5O3S. The summed E-state index contributed by atoms with van der Waals surface area (Å²) in [6.07, 6.45) is 2.32. The van der Waals surface area contributed by atoms with E-state index in [4.69, 9.17) is 0 Å². The minimum absolute atomic E-state index is 0.140. The third kappa shape index (κ3) is 3.85. The summed E-state index contributed by atoms with van der Waals surface area (Å²) in [5.41, 5.74) is 2.66. The number of carbonyl (C=O) groups excluding carboxylic acids is 1. The molecule has 9 heteroatoms. The van der Waals surface area contributed by atoms with Crippen molar-refractivity contribution in [3.63, 3.8) is 0 Å². The van der Waals surface area contributed by atoms with Gasteiger partial charge in [0, 0.05) is 0 Å². The van der Waals surface area contributed by atoms with E-state index in [2.05, 4.69) is 17.0 Å². The van der Waals surface area contributed by atoms with E-state index in [9.17, 15) is 14.9 Å². The molecule has 0 unspecified atom stereocenters. The van der Waals surface area contributed by atoms with Crippen molar-refractivity contribution < 1.29 is 9.72 Å². The molecular weight excluding hydrogens is 390 g/mol. The molecule has 0 spiro atoms. The third-order valence-electron chi connectivity index (χ3n) is 4.44. The molecule has 4 rings (SSSR count). The van der Waals surface area contributed by atoms with Crippen molar-refractivity contribution in [3.8, 4) is 0 Å². The quantitative estimate of drug-likeness (QED) is 0.350. The van der Waals surface area contributed by atoms with Crippen molar-refractivity contribution in [2.45, 2.75) is 19.9 Å². The molecule has 1 amide bonds. The summed E-state index contributed by atoms with van der Waals surface area (Å²) in [6, 6.07) is 16.7. The molecule has 0 saturated carbocycles. The molecule has 0 aliphatic heterocycles. The molecule has 29 heavy (non-hydrogen) atoms. The maximum absolute atomic E-state index is 13.2. The van der Waals surface area contributed by atoms with Crippen LogP contribution in [0.2, 0.25) is 0 Å². The Morgan fingerprint density at radius 3 is 2.59 bits per heavy atom. The lowest BCUT2D eigenvalue weighted by Gasteiger charge is -2.19. The van der Waals surface area contributed by atoms with Crippen molar-refractivity contribution in [3.05, 3.63) is 76.5 Å². The molecule has 0 atom stereocenters. The van der Waals surface area contributed by atoms with Gasteiger partial charge in [0.1, 0.15) is 6.54 Å². The molecule has 8 nitrogen and oxygen atoms in total. The van der Waals surface area contributed by atoms with Gasteiger partial charge in [-0.1, -0.05) is 42.5 Å². The van der Waals surface area contributed by atoms with Crippen molar-refractivity contribution in [1.29, 1.82) is 0 Å². The number of aryl methyl sites for hydroxylation is 1. The number of rotatable bonds is 6. The Kier molecular flexibility index (Phi) is 5.05. The standard InChI is InChI=1S/C20H17N5O3S/c1-2-14-7-9-15(10-8-14)24(20-21-16-5-3-4-6-17(16)29-20)19(26)13-23-12-11-18(22-23)25(27)28/h3-12H,2,13H2,1H3. The van der Waals surface area contributed by atoms with E-state index in [1.54, 1.807) is 0 Å². The number of nitro groups is 1. The lowest BCUT2D eigenvalue weighted by atomic mass is 10.1. The summed E-state index contributed by atoms with van der Waals surface area (Å²) in [5, 5.41) is 15.2. The zero-order valence-electron chi connectivity index (χ0n) is 15.6. The monoisotopic (exact) mass is 407 g/mol. The predicted molar refractivity (Wildman–Crippen MR) is 111 cm³/mol. The van der Waals surface area contributed by atoms with E-state index in [0.29, 0.717) is 10.8 Å². The van der Waals surface area contributed by atoms with Gasteiger partial charge in [-0.25, -0.2) is 4.98 Å². The van der Waals surface area contributed by atoms with Gasteiger partial charge in [-0.2, -0.15) is 4.68 Å². The highest BCUT2D eigenvalue weighted by atomic mass is 32.1. The summed E-state index contributed by atoms with van der Waals surface area (Å²) in [6.45, 7) is 1.93. The highest BCUT2D eigenvalue weighted by Gasteiger charge is 2.24. The minimum Gasteiger partial charge on any atom is -0.358 e. The fraction of sp³-hybridized carbons (Fsp3) is 0.150. The number of amides is 1. The normalized spacial score (nSPS) is 10.9. The van der Waals surface area contributed by atoms with Crippen LogP contribution < -0.4 is 4.90 Å². The molecule has 4 aromatic rings. The van der Waals surface area contributed by atoms with E-state index in [1.807, 2.05) is 48.5 Å². The van der Waals surface area contributed by atoms with E-state index in [1.165, 1.54) is 33.2 Å². The van der Waals surface area contributed by atoms with Gasteiger partial charge in [0.2, 0.25) is 0 Å². The Morgan fingerprint density at radius 2 is 1.93 bits per heavy atom. The summed E-state index contributed by atoms with van der Waals surface area (Å²) < 4.78 is 2.24. The lowest BCUT2D eigenvalue weighted by Crippen LogP contribution is -2.29. The van der Waals surface area contributed by atoms with Crippen molar-refractivity contribution in [2.75, 3.05) is 4.90 Å². The van der Waals surface area contributed by atoms with Gasteiger partial charge in [-0.15, -0.1) is 0 Å². The second-order valence-corrected chi connectivity index (χ2v) is 7.35. The van der Waals surface area contributed by atoms with Gasteiger partial charge >= 0.3 is 5.82 Å². The minimum atomic E-state index is -0.588. The highest BCUT2D eigenvalue weighted by Crippen LogP contribution is 2.33. The largest absolute Gasteiger partial charge is 0.389 e. The number of aromatic nitrogens is 3. The van der Waals surface area contributed by atoms with Crippen molar-refractivity contribution >= 4 is 44.1 Å². The number of fused-ring (bicyclic) bond motifs is 1. The van der Waals surface area contributed by atoms with Crippen LogP contribution in [0.5, 0.6) is 0 Å². The number of benzene rings is 2. The van der Waals surface area contributed by atoms with Crippen LogP contribution in [-0.4, -0.2) is 25.6 Å². The summed E-state index contributed by atoms with van der Waals surface area (Å²) in [4.78, 5) is 29.6. The zero-order chi connectivity index (χ0) is 20.4. The van der Waals surface area contributed by atoms with Crippen LogP contribution in [0.15, 0.2) is 60.8 Å². The Morgan fingerprint density at radius 1 is 1.17 bits per heavy atom. The molecule has 0 radical (unpaired) electrons. The van der Waals surface area contributed by atoms with Gasteiger partial charge in [-0.05, 0) is 41.2 Å². The van der Waals surface area contributed by atoms with Gasteiger partial charge in [0.15, 0.2) is 5.13 Å². The molecule has 0 bridgehead atoms. The lowest BCUT2D eigenvalue weighted by molar-refractivity contribution is -0.389.